The van der Waals surface area contributed by atoms with Crippen molar-refractivity contribution in [3.8, 4) is 0 Å². The molecule has 0 fully saturated rings. The van der Waals surface area contributed by atoms with E-state index in [2.05, 4.69) is 10.3 Å². The lowest BCUT2D eigenvalue weighted by molar-refractivity contribution is -0.119. The minimum absolute atomic E-state index is 0.109. The second-order valence-corrected chi connectivity index (χ2v) is 8.65. The molecule has 0 radical (unpaired) electrons. The Balaban J connectivity index is 1.69. The summed E-state index contributed by atoms with van der Waals surface area (Å²) in [6.07, 6.45) is 2.28. The van der Waals surface area contributed by atoms with Gasteiger partial charge in [-0.15, -0.1) is 0 Å². The van der Waals surface area contributed by atoms with Gasteiger partial charge in [-0.1, -0.05) is 49.0 Å². The molecule has 4 aromatic rings. The Morgan fingerprint density at radius 3 is 2.59 bits per heavy atom. The molecule has 2 aromatic carbocycles. The number of carbonyl (C=O) groups excluding carboxylic acids is 1. The van der Waals surface area contributed by atoms with E-state index >= 15 is 0 Å². The van der Waals surface area contributed by atoms with Gasteiger partial charge in [-0.2, -0.15) is 0 Å². The largest absolute Gasteiger partial charge is 0.324 e. The highest BCUT2D eigenvalue weighted by molar-refractivity contribution is 7.98. The second-order valence-electron chi connectivity index (χ2n) is 7.71. The van der Waals surface area contributed by atoms with Crippen LogP contribution in [0.15, 0.2) is 66.0 Å². The predicted molar refractivity (Wildman–Crippen MR) is 127 cm³/mol. The number of imidazole rings is 1. The molecule has 164 valence electrons. The SMILES string of the molecule is CCC(C(=O)Nc1c(C)cccc1C)n1c(SCc2cccc(F)c2)nc2cccnc21. The first kappa shape index (κ1) is 22.0. The quantitative estimate of drug-likeness (QED) is 0.349. The monoisotopic (exact) mass is 448 g/mol. The van der Waals surface area contributed by atoms with Crippen LogP contribution in [0.3, 0.4) is 0 Å². The van der Waals surface area contributed by atoms with Crippen LogP contribution in [0.2, 0.25) is 0 Å². The first-order valence-electron chi connectivity index (χ1n) is 10.5. The van der Waals surface area contributed by atoms with E-state index < -0.39 is 6.04 Å². The summed E-state index contributed by atoms with van der Waals surface area (Å²) in [7, 11) is 0. The van der Waals surface area contributed by atoms with Gasteiger partial charge in [0.2, 0.25) is 5.91 Å². The molecule has 32 heavy (non-hydrogen) atoms. The highest BCUT2D eigenvalue weighted by atomic mass is 32.2. The van der Waals surface area contributed by atoms with Crippen molar-refractivity contribution in [1.82, 2.24) is 14.5 Å². The van der Waals surface area contributed by atoms with Crippen LogP contribution in [0.25, 0.3) is 11.2 Å². The third kappa shape index (κ3) is 4.53. The first-order valence-corrected chi connectivity index (χ1v) is 11.5. The lowest BCUT2D eigenvalue weighted by atomic mass is 10.1. The van der Waals surface area contributed by atoms with Crippen LogP contribution in [-0.2, 0) is 10.5 Å². The van der Waals surface area contributed by atoms with E-state index in [4.69, 9.17) is 4.98 Å². The van der Waals surface area contributed by atoms with Gasteiger partial charge < -0.3 is 5.32 Å². The van der Waals surface area contributed by atoms with Gasteiger partial charge in [-0.25, -0.2) is 14.4 Å². The number of hydrogen-bond donors (Lipinski definition) is 1. The highest BCUT2D eigenvalue weighted by Gasteiger charge is 2.26. The molecule has 1 amide bonds. The van der Waals surface area contributed by atoms with Crippen LogP contribution >= 0.6 is 11.8 Å². The Labute approximate surface area is 191 Å². The number of para-hydroxylation sites is 1. The van der Waals surface area contributed by atoms with E-state index in [0.717, 1.165) is 27.9 Å². The van der Waals surface area contributed by atoms with Crippen molar-refractivity contribution in [2.75, 3.05) is 5.32 Å². The number of amides is 1. The number of rotatable bonds is 7. The molecule has 1 N–H and O–H groups in total. The number of aromatic nitrogens is 3. The topological polar surface area (TPSA) is 59.8 Å². The number of fused-ring (bicyclic) bond motifs is 1. The normalized spacial score (nSPS) is 12.1. The Hall–Kier alpha value is -3.19. The lowest BCUT2D eigenvalue weighted by Gasteiger charge is -2.21. The third-order valence-electron chi connectivity index (χ3n) is 5.40. The van der Waals surface area contributed by atoms with Crippen molar-refractivity contribution >= 4 is 34.5 Å². The fourth-order valence-electron chi connectivity index (χ4n) is 3.77. The standard InChI is InChI=1S/C25H25FN4OS/c1-4-21(24(31)29-22-16(2)8-5-9-17(22)3)30-23-20(12-7-13-27-23)28-25(30)32-15-18-10-6-11-19(26)14-18/h5-14,21H,4,15H2,1-3H3,(H,29,31). The molecular formula is C25H25FN4OS. The summed E-state index contributed by atoms with van der Waals surface area (Å²) in [5.41, 5.74) is 5.12. The van der Waals surface area contributed by atoms with Gasteiger partial charge in [0, 0.05) is 17.6 Å². The summed E-state index contributed by atoms with van der Waals surface area (Å²) in [5.74, 6) is 0.163. The van der Waals surface area contributed by atoms with Crippen LogP contribution < -0.4 is 5.32 Å². The first-order chi connectivity index (χ1) is 15.5. The number of hydrogen-bond acceptors (Lipinski definition) is 4. The zero-order chi connectivity index (χ0) is 22.7. The van der Waals surface area contributed by atoms with Gasteiger partial charge in [0.05, 0.1) is 0 Å². The minimum Gasteiger partial charge on any atom is -0.324 e. The van der Waals surface area contributed by atoms with E-state index in [1.165, 1.54) is 23.9 Å². The summed E-state index contributed by atoms with van der Waals surface area (Å²) in [5, 5.41) is 3.80. The molecule has 0 aliphatic rings. The number of aryl methyl sites for hydroxylation is 2. The summed E-state index contributed by atoms with van der Waals surface area (Å²) in [6, 6.07) is 15.7. The van der Waals surface area contributed by atoms with E-state index in [1.54, 1.807) is 12.3 Å². The van der Waals surface area contributed by atoms with Crippen LogP contribution in [0.1, 0.15) is 36.1 Å². The van der Waals surface area contributed by atoms with Crippen molar-refractivity contribution in [3.63, 3.8) is 0 Å². The molecular weight excluding hydrogens is 423 g/mol. The Bertz CT molecular complexity index is 1250. The number of benzene rings is 2. The minimum atomic E-state index is -0.482. The van der Waals surface area contributed by atoms with Gasteiger partial charge in [-0.05, 0) is 61.2 Å². The number of anilines is 1. The number of nitrogens with zero attached hydrogens (tertiary/aromatic N) is 3. The van der Waals surface area contributed by atoms with Gasteiger partial charge in [0.1, 0.15) is 17.4 Å². The van der Waals surface area contributed by atoms with Crippen LogP contribution in [-0.4, -0.2) is 20.4 Å². The maximum atomic E-state index is 13.6. The molecule has 2 aromatic heterocycles. The average molecular weight is 449 g/mol. The van der Waals surface area contributed by atoms with Gasteiger partial charge in [0.25, 0.3) is 0 Å². The number of thioether (sulfide) groups is 1. The number of halogens is 1. The average Bonchev–Trinajstić information content (AvgIpc) is 3.14. The third-order valence-corrected chi connectivity index (χ3v) is 6.43. The Morgan fingerprint density at radius 2 is 1.88 bits per heavy atom. The van der Waals surface area contributed by atoms with Crippen molar-refractivity contribution in [2.45, 2.75) is 44.1 Å². The van der Waals surface area contributed by atoms with Crippen molar-refractivity contribution in [3.05, 3.63) is 83.3 Å². The van der Waals surface area contributed by atoms with Crippen LogP contribution in [0.5, 0.6) is 0 Å². The van der Waals surface area contributed by atoms with Gasteiger partial charge in [0.15, 0.2) is 10.8 Å². The molecule has 0 aliphatic heterocycles. The smallest absolute Gasteiger partial charge is 0.247 e. The Morgan fingerprint density at radius 1 is 1.12 bits per heavy atom. The van der Waals surface area contributed by atoms with Gasteiger partial charge in [-0.3, -0.25) is 9.36 Å². The lowest BCUT2D eigenvalue weighted by Crippen LogP contribution is -2.27. The van der Waals surface area contributed by atoms with Crippen molar-refractivity contribution in [1.29, 1.82) is 0 Å². The maximum Gasteiger partial charge on any atom is 0.247 e. The second kappa shape index (κ2) is 9.53. The molecule has 7 heteroatoms. The summed E-state index contributed by atoms with van der Waals surface area (Å²) in [6.45, 7) is 5.95. The van der Waals surface area contributed by atoms with E-state index in [9.17, 15) is 9.18 Å². The zero-order valence-corrected chi connectivity index (χ0v) is 19.1. The number of carbonyl (C=O) groups is 1. The van der Waals surface area contributed by atoms with Gasteiger partial charge >= 0.3 is 0 Å². The highest BCUT2D eigenvalue weighted by Crippen LogP contribution is 2.31. The van der Waals surface area contributed by atoms with Crippen molar-refractivity contribution in [2.24, 2.45) is 0 Å². The van der Waals surface area contributed by atoms with E-state index in [0.29, 0.717) is 23.0 Å². The molecule has 0 aliphatic carbocycles. The molecule has 1 unspecified atom stereocenters. The molecule has 0 saturated carbocycles. The summed E-state index contributed by atoms with van der Waals surface area (Å²) < 4.78 is 15.5. The fraction of sp³-hybridized carbons (Fsp3) is 0.240. The Kier molecular flexibility index (Phi) is 6.55. The molecule has 2 heterocycles. The molecule has 1 atom stereocenters. The molecule has 5 nitrogen and oxygen atoms in total. The van der Waals surface area contributed by atoms with E-state index in [1.807, 2.05) is 61.7 Å². The van der Waals surface area contributed by atoms with Crippen LogP contribution in [0.4, 0.5) is 10.1 Å². The molecule has 4 rings (SSSR count). The van der Waals surface area contributed by atoms with Crippen LogP contribution in [0, 0.1) is 19.7 Å². The predicted octanol–water partition coefficient (Wildman–Crippen LogP) is 6.07. The fourth-order valence-corrected chi connectivity index (χ4v) is 4.76. The summed E-state index contributed by atoms with van der Waals surface area (Å²) >= 11 is 1.47. The summed E-state index contributed by atoms with van der Waals surface area (Å²) in [4.78, 5) is 22.7. The number of nitrogens with one attached hydrogen (secondary N) is 1. The maximum absolute atomic E-state index is 13.6. The number of pyridine rings is 1. The molecule has 0 spiro atoms. The molecule has 0 saturated heterocycles. The molecule has 0 bridgehead atoms. The zero-order valence-electron chi connectivity index (χ0n) is 18.3. The van der Waals surface area contributed by atoms with E-state index in [-0.39, 0.29) is 11.7 Å². The van der Waals surface area contributed by atoms with Crippen molar-refractivity contribution < 1.29 is 9.18 Å².